The highest BCUT2D eigenvalue weighted by Gasteiger charge is 2.00. The Labute approximate surface area is 101 Å². The lowest BCUT2D eigenvalue weighted by atomic mass is 10.1. The van der Waals surface area contributed by atoms with Crippen molar-refractivity contribution in [2.45, 2.75) is 0 Å². The van der Waals surface area contributed by atoms with Gasteiger partial charge in [0.1, 0.15) is 5.82 Å². The Hall–Kier alpha value is -2.01. The summed E-state index contributed by atoms with van der Waals surface area (Å²) in [6.07, 6.45) is 3.94. The predicted molar refractivity (Wildman–Crippen MR) is 67.2 cm³/mol. The number of aldehydes is 1. The van der Waals surface area contributed by atoms with Gasteiger partial charge in [0.15, 0.2) is 11.4 Å². The molecule has 0 aliphatic heterocycles. The van der Waals surface area contributed by atoms with Crippen LogP contribution < -0.4 is 5.73 Å². The van der Waals surface area contributed by atoms with Gasteiger partial charge in [-0.1, -0.05) is 12.1 Å². The van der Waals surface area contributed by atoms with Crippen molar-refractivity contribution in [1.82, 2.24) is 4.98 Å². The first kappa shape index (κ1) is 11.5. The minimum atomic E-state index is -0.528. The van der Waals surface area contributed by atoms with Gasteiger partial charge in [0.05, 0.1) is 11.3 Å². The third kappa shape index (κ3) is 2.76. The van der Waals surface area contributed by atoms with E-state index in [1.54, 1.807) is 18.2 Å². The molecule has 5 heteroatoms. The quantitative estimate of drug-likeness (QED) is 0.850. The van der Waals surface area contributed by atoms with Gasteiger partial charge in [-0.05, 0) is 23.8 Å². The molecule has 0 saturated carbocycles. The Morgan fingerprint density at radius 2 is 2.18 bits per heavy atom. The molecular weight excluding hydrogens is 239 g/mol. The van der Waals surface area contributed by atoms with Crippen LogP contribution in [0.15, 0.2) is 23.6 Å². The van der Waals surface area contributed by atoms with E-state index in [-0.39, 0.29) is 5.56 Å². The first-order chi connectivity index (χ1) is 8.19. The second kappa shape index (κ2) is 4.88. The fraction of sp³-hybridized carbons (Fsp3) is 0. The third-order valence-corrected chi connectivity index (χ3v) is 2.83. The molecule has 0 amide bonds. The molecule has 0 fully saturated rings. The summed E-state index contributed by atoms with van der Waals surface area (Å²) < 4.78 is 13.3. The number of hydrogen-bond acceptors (Lipinski definition) is 4. The molecule has 3 nitrogen and oxygen atoms in total. The summed E-state index contributed by atoms with van der Waals surface area (Å²) >= 11 is 1.34. The van der Waals surface area contributed by atoms with E-state index in [4.69, 9.17) is 5.73 Å². The van der Waals surface area contributed by atoms with E-state index in [1.165, 1.54) is 23.5 Å². The van der Waals surface area contributed by atoms with Gasteiger partial charge in [-0.2, -0.15) is 0 Å². The first-order valence-electron chi connectivity index (χ1n) is 4.83. The number of halogens is 1. The summed E-state index contributed by atoms with van der Waals surface area (Å²) in [5, 5.41) is 2.30. The maximum absolute atomic E-state index is 13.3. The van der Waals surface area contributed by atoms with Crippen LogP contribution in [0.1, 0.15) is 21.6 Å². The van der Waals surface area contributed by atoms with Crippen LogP contribution in [0.2, 0.25) is 0 Å². The molecular formula is C12H9FN2OS. The van der Waals surface area contributed by atoms with Crippen molar-refractivity contribution >= 4 is 34.9 Å². The number of carbonyl (C=O) groups excluding carboxylic acids is 1. The maximum Gasteiger partial charge on any atom is 0.180 e. The highest BCUT2D eigenvalue weighted by atomic mass is 32.1. The lowest BCUT2D eigenvalue weighted by Gasteiger charge is -1.96. The van der Waals surface area contributed by atoms with Crippen molar-refractivity contribution < 1.29 is 9.18 Å². The Bertz CT molecular complexity index is 578. The number of hydrogen-bond donors (Lipinski definition) is 1. The maximum atomic E-state index is 13.3. The standard InChI is InChI=1S/C12H9FN2OS/c13-11-5-8(1-3-9(11)6-16)2-4-10-7-17-12(14)15-10/h1-7H,(H2,14,15)/b4-2+. The third-order valence-electron chi connectivity index (χ3n) is 2.14. The zero-order valence-electron chi connectivity index (χ0n) is 8.76. The van der Waals surface area contributed by atoms with Crippen LogP contribution in [0, 0.1) is 5.82 Å². The van der Waals surface area contributed by atoms with Gasteiger partial charge >= 0.3 is 0 Å². The predicted octanol–water partition coefficient (Wildman–Crippen LogP) is 2.85. The molecule has 1 aromatic carbocycles. The van der Waals surface area contributed by atoms with Gasteiger partial charge in [0, 0.05) is 5.38 Å². The molecule has 1 heterocycles. The van der Waals surface area contributed by atoms with E-state index >= 15 is 0 Å². The smallest absolute Gasteiger partial charge is 0.180 e. The van der Waals surface area contributed by atoms with E-state index in [9.17, 15) is 9.18 Å². The van der Waals surface area contributed by atoms with Crippen LogP contribution in [0.25, 0.3) is 12.2 Å². The summed E-state index contributed by atoms with van der Waals surface area (Å²) in [7, 11) is 0. The first-order valence-corrected chi connectivity index (χ1v) is 5.71. The van der Waals surface area contributed by atoms with E-state index in [1.807, 2.05) is 5.38 Å². The van der Waals surface area contributed by atoms with Crippen LogP contribution in [0.3, 0.4) is 0 Å². The Morgan fingerprint density at radius 3 is 2.76 bits per heavy atom. The molecule has 2 rings (SSSR count). The number of nitrogen functional groups attached to an aromatic ring is 1. The van der Waals surface area contributed by atoms with Crippen molar-refractivity contribution in [3.8, 4) is 0 Å². The molecule has 0 saturated heterocycles. The fourth-order valence-electron chi connectivity index (χ4n) is 1.30. The van der Waals surface area contributed by atoms with Gasteiger partial charge in [0.2, 0.25) is 0 Å². The number of thiazole rings is 1. The molecule has 2 N–H and O–H groups in total. The molecule has 0 aliphatic carbocycles. The minimum absolute atomic E-state index is 0.0556. The average molecular weight is 248 g/mol. The molecule has 0 aliphatic rings. The van der Waals surface area contributed by atoms with Gasteiger partial charge in [-0.25, -0.2) is 9.37 Å². The second-order valence-electron chi connectivity index (χ2n) is 3.34. The van der Waals surface area contributed by atoms with Crippen molar-refractivity contribution in [1.29, 1.82) is 0 Å². The summed E-state index contributed by atoms with van der Waals surface area (Å²) in [4.78, 5) is 14.5. The molecule has 2 aromatic rings. The zero-order valence-corrected chi connectivity index (χ0v) is 9.58. The van der Waals surface area contributed by atoms with Crippen molar-refractivity contribution in [3.63, 3.8) is 0 Å². The summed E-state index contributed by atoms with van der Waals surface area (Å²) in [5.41, 5.74) is 6.94. The number of nitrogens with two attached hydrogens (primary N) is 1. The molecule has 1 aromatic heterocycles. The second-order valence-corrected chi connectivity index (χ2v) is 4.23. The Morgan fingerprint density at radius 1 is 1.35 bits per heavy atom. The highest BCUT2D eigenvalue weighted by molar-refractivity contribution is 7.13. The van der Waals surface area contributed by atoms with Crippen LogP contribution in [0.5, 0.6) is 0 Å². The number of nitrogens with zero attached hydrogens (tertiary/aromatic N) is 1. The molecule has 0 spiro atoms. The fourth-order valence-corrected chi connectivity index (χ4v) is 1.83. The van der Waals surface area contributed by atoms with E-state index in [2.05, 4.69) is 4.98 Å². The van der Waals surface area contributed by atoms with Crippen molar-refractivity contribution in [2.24, 2.45) is 0 Å². The topological polar surface area (TPSA) is 56.0 Å². The van der Waals surface area contributed by atoms with Crippen LogP contribution in [-0.4, -0.2) is 11.3 Å². The highest BCUT2D eigenvalue weighted by Crippen LogP contribution is 2.15. The molecule has 0 bridgehead atoms. The minimum Gasteiger partial charge on any atom is -0.375 e. The number of rotatable bonds is 3. The summed E-state index contributed by atoms with van der Waals surface area (Å²) in [6, 6.07) is 4.41. The Balaban J connectivity index is 2.21. The monoisotopic (exact) mass is 248 g/mol. The largest absolute Gasteiger partial charge is 0.375 e. The lowest BCUT2D eigenvalue weighted by molar-refractivity contribution is 0.112. The number of carbonyl (C=O) groups is 1. The number of benzene rings is 1. The molecule has 0 unspecified atom stereocenters. The normalized spacial score (nSPS) is 10.9. The van der Waals surface area contributed by atoms with E-state index in [0.29, 0.717) is 17.0 Å². The number of aromatic nitrogens is 1. The van der Waals surface area contributed by atoms with Crippen LogP contribution in [0.4, 0.5) is 9.52 Å². The molecule has 86 valence electrons. The SMILES string of the molecule is Nc1nc(/C=C/c2ccc(C=O)c(F)c2)cs1. The van der Waals surface area contributed by atoms with E-state index in [0.717, 1.165) is 5.69 Å². The van der Waals surface area contributed by atoms with Crippen LogP contribution >= 0.6 is 11.3 Å². The van der Waals surface area contributed by atoms with Crippen molar-refractivity contribution in [2.75, 3.05) is 5.73 Å². The lowest BCUT2D eigenvalue weighted by Crippen LogP contribution is -1.87. The zero-order chi connectivity index (χ0) is 12.3. The number of anilines is 1. The molecule has 17 heavy (non-hydrogen) atoms. The van der Waals surface area contributed by atoms with Gasteiger partial charge in [-0.3, -0.25) is 4.79 Å². The van der Waals surface area contributed by atoms with Gasteiger partial charge in [0.25, 0.3) is 0 Å². The molecule has 0 atom stereocenters. The summed E-state index contributed by atoms with van der Waals surface area (Å²) in [6.45, 7) is 0. The average Bonchev–Trinajstić information content (AvgIpc) is 2.73. The van der Waals surface area contributed by atoms with E-state index < -0.39 is 5.82 Å². The van der Waals surface area contributed by atoms with Crippen LogP contribution in [-0.2, 0) is 0 Å². The van der Waals surface area contributed by atoms with Gasteiger partial charge in [-0.15, -0.1) is 11.3 Å². The Kier molecular flexibility index (Phi) is 3.30. The molecule has 0 radical (unpaired) electrons. The van der Waals surface area contributed by atoms with Gasteiger partial charge < -0.3 is 5.73 Å². The van der Waals surface area contributed by atoms with Crippen molar-refractivity contribution in [3.05, 3.63) is 46.2 Å². The summed E-state index contributed by atoms with van der Waals surface area (Å²) in [5.74, 6) is -0.528.